The molecule has 2 aliphatic rings. The number of fused-ring (bicyclic) bond motifs is 6. The highest BCUT2D eigenvalue weighted by atomic mass is 32.2. The van der Waals surface area contributed by atoms with Crippen LogP contribution in [-0.4, -0.2) is 72.2 Å². The van der Waals surface area contributed by atoms with Crippen molar-refractivity contribution >= 4 is 35.4 Å². The Labute approximate surface area is 438 Å². The molecule has 0 aliphatic heterocycles. The van der Waals surface area contributed by atoms with Gasteiger partial charge in [0, 0.05) is 17.2 Å². The summed E-state index contributed by atoms with van der Waals surface area (Å²) in [7, 11) is 9.45. The first-order chi connectivity index (χ1) is 35.0. The topological polar surface area (TPSA) is 182 Å². The number of carbonyl (C=O) groups excluding carboxylic acids is 1. The number of carbonyl (C=O) groups is 2. The van der Waals surface area contributed by atoms with Gasteiger partial charge in [-0.3, -0.25) is 14.4 Å². The zero-order valence-corrected chi connectivity index (χ0v) is 43.9. The lowest BCUT2D eigenvalue weighted by Gasteiger charge is -2.20. The Balaban J connectivity index is 0.000000232. The summed E-state index contributed by atoms with van der Waals surface area (Å²) in [5.74, 6) is 0.138. The molecule has 2 aliphatic carbocycles. The van der Waals surface area contributed by atoms with Gasteiger partial charge in [-0.1, -0.05) is 42.8 Å². The molecule has 392 valence electrons. The van der Waals surface area contributed by atoms with Crippen molar-refractivity contribution in [3.05, 3.63) is 162 Å². The fourth-order valence-electron chi connectivity index (χ4n) is 8.97. The monoisotopic (exact) mass is 1050 g/mol. The van der Waals surface area contributed by atoms with Crippen LogP contribution in [0.5, 0.6) is 34.5 Å². The van der Waals surface area contributed by atoms with E-state index in [0.717, 1.165) is 69.0 Å². The SMILES string of the molecule is C.COc1cc2c(c(OC)c1OC)-c1ccc(SC)c(=O)cc1[C@@H](N)CC2.COc1cc2c(c(OC)c1OC)-c1ccc(SC)c(=O)cc1[C@@H](NC(=O)c1cc(C)ccc1F)CC2.Cc1ccc(F)c(C(=O)O)c1. The van der Waals surface area contributed by atoms with E-state index in [9.17, 15) is 28.0 Å². The molecule has 0 bridgehead atoms. The molecule has 0 fully saturated rings. The molecule has 74 heavy (non-hydrogen) atoms. The molecule has 8 rings (SSSR count). The Morgan fingerprint density at radius 3 is 1.46 bits per heavy atom. The van der Waals surface area contributed by atoms with E-state index in [1.807, 2.05) is 42.8 Å². The minimum atomic E-state index is -1.23. The number of carboxylic acids is 1. The summed E-state index contributed by atoms with van der Waals surface area (Å²) in [6.07, 6.45) is 6.26. The van der Waals surface area contributed by atoms with Gasteiger partial charge in [-0.25, -0.2) is 13.6 Å². The first-order valence-corrected chi connectivity index (χ1v) is 25.3. The number of aryl methyl sites for hydroxylation is 4. The minimum absolute atomic E-state index is 0. The second kappa shape index (κ2) is 25.7. The molecule has 0 unspecified atom stereocenters. The van der Waals surface area contributed by atoms with Crippen LogP contribution in [0.1, 0.15) is 86.4 Å². The van der Waals surface area contributed by atoms with Crippen molar-refractivity contribution in [1.82, 2.24) is 5.32 Å². The summed E-state index contributed by atoms with van der Waals surface area (Å²) in [6.45, 7) is 3.51. The molecule has 0 saturated carbocycles. The van der Waals surface area contributed by atoms with E-state index in [1.54, 1.807) is 73.7 Å². The first kappa shape index (κ1) is 57.8. The summed E-state index contributed by atoms with van der Waals surface area (Å²) >= 11 is 2.78. The molecule has 6 aromatic rings. The number of carboxylic acid groups (broad SMARTS) is 1. The molecule has 6 aromatic carbocycles. The number of benzene rings is 4. The quantitative estimate of drug-likeness (QED) is 0.104. The molecule has 4 N–H and O–H groups in total. The fourth-order valence-corrected chi connectivity index (χ4v) is 9.89. The molecule has 2 atom stereocenters. The van der Waals surface area contributed by atoms with E-state index in [4.69, 9.17) is 39.3 Å². The van der Waals surface area contributed by atoms with Crippen LogP contribution in [0.4, 0.5) is 8.78 Å². The summed E-state index contributed by atoms with van der Waals surface area (Å²) < 4.78 is 60.9. The number of amides is 1. The predicted molar refractivity (Wildman–Crippen MR) is 289 cm³/mol. The molecule has 17 heteroatoms. The van der Waals surface area contributed by atoms with Gasteiger partial charge in [0.05, 0.1) is 69.6 Å². The fraction of sp³-hybridized carbons (Fsp3) is 0.298. The van der Waals surface area contributed by atoms with Crippen LogP contribution in [0.2, 0.25) is 0 Å². The number of aromatic carboxylic acids is 1. The molecule has 13 nitrogen and oxygen atoms in total. The van der Waals surface area contributed by atoms with Gasteiger partial charge in [0.15, 0.2) is 33.9 Å². The van der Waals surface area contributed by atoms with Gasteiger partial charge < -0.3 is 44.6 Å². The lowest BCUT2D eigenvalue weighted by atomic mass is 9.95. The Kier molecular flexibility index (Phi) is 20.1. The number of thioether (sulfide) groups is 2. The number of halogens is 2. The molecule has 0 saturated heterocycles. The van der Waals surface area contributed by atoms with Crippen LogP contribution in [0.25, 0.3) is 22.3 Å². The van der Waals surface area contributed by atoms with Gasteiger partial charge in [0.2, 0.25) is 11.5 Å². The Bertz CT molecular complexity index is 3190. The van der Waals surface area contributed by atoms with Crippen molar-refractivity contribution < 1.29 is 51.9 Å². The van der Waals surface area contributed by atoms with E-state index < -0.39 is 29.6 Å². The highest BCUT2D eigenvalue weighted by molar-refractivity contribution is 7.98. The zero-order chi connectivity index (χ0) is 53.3. The van der Waals surface area contributed by atoms with Gasteiger partial charge in [-0.05, 0) is 146 Å². The molecule has 0 heterocycles. The van der Waals surface area contributed by atoms with Gasteiger partial charge >= 0.3 is 5.97 Å². The highest BCUT2D eigenvalue weighted by Gasteiger charge is 2.31. The van der Waals surface area contributed by atoms with Crippen molar-refractivity contribution in [2.24, 2.45) is 5.73 Å². The Morgan fingerprint density at radius 1 is 0.595 bits per heavy atom. The van der Waals surface area contributed by atoms with E-state index in [-0.39, 0.29) is 35.5 Å². The van der Waals surface area contributed by atoms with Crippen LogP contribution in [-0.2, 0) is 12.8 Å². The standard InChI is InChI=1S/C28H28FNO5S.C20H23NO4S.C8H7FO2.CH4/c1-15-6-9-20(29)19(12-15)28(32)30-21-10-7-16-13-23(33-2)26(34-3)27(35-4)25(16)17-8-11-24(36-5)22(31)14-18(17)21;1-23-16-9-11-5-7-14(21)13-10-15(22)17(26-4)8-6-12(13)18(11)20(25-3)19(16)24-2;1-5-2-3-7(9)6(4-5)8(10)11;/h6,8-9,11-14,21H,7,10H2,1-5H3,(H,30,32);6,8-10,14H,5,7,21H2,1-4H3;2-4H,1H3,(H,10,11);1H4/t21-;14-;;/m00../s1. The predicted octanol–water partition coefficient (Wildman–Crippen LogP) is 11.2. The van der Waals surface area contributed by atoms with Crippen molar-refractivity contribution in [3.8, 4) is 56.8 Å². The first-order valence-electron chi connectivity index (χ1n) is 22.9. The van der Waals surface area contributed by atoms with Crippen LogP contribution >= 0.6 is 23.5 Å². The number of methoxy groups -OCH3 is 6. The van der Waals surface area contributed by atoms with Crippen molar-refractivity contribution in [1.29, 1.82) is 0 Å². The second-order valence-corrected chi connectivity index (χ2v) is 18.6. The zero-order valence-electron chi connectivity index (χ0n) is 42.2. The largest absolute Gasteiger partial charge is 0.493 e. The molecule has 0 aromatic heterocycles. The van der Waals surface area contributed by atoms with Crippen LogP contribution in [0.15, 0.2) is 104 Å². The summed E-state index contributed by atoms with van der Waals surface area (Å²) in [4.78, 5) is 50.4. The summed E-state index contributed by atoms with van der Waals surface area (Å²) in [5, 5.41) is 11.4. The highest BCUT2D eigenvalue weighted by Crippen LogP contribution is 2.51. The number of rotatable bonds is 11. The van der Waals surface area contributed by atoms with E-state index >= 15 is 0 Å². The van der Waals surface area contributed by atoms with Gasteiger partial charge in [0.1, 0.15) is 11.6 Å². The molecular formula is C57H62F2N2O11S2. The molecular weight excluding hydrogens is 991 g/mol. The van der Waals surface area contributed by atoms with Crippen molar-refractivity contribution in [2.45, 2.75) is 68.8 Å². The third-order valence-corrected chi connectivity index (χ3v) is 14.1. The number of nitrogens with one attached hydrogen (secondary N) is 1. The summed E-state index contributed by atoms with van der Waals surface area (Å²) in [5.41, 5.74) is 14.2. The maximum atomic E-state index is 14.5. The molecule has 0 spiro atoms. The molecule has 1 amide bonds. The summed E-state index contributed by atoms with van der Waals surface area (Å²) in [6, 6.07) is 22.2. The van der Waals surface area contributed by atoms with Crippen LogP contribution in [0, 0.1) is 25.5 Å². The van der Waals surface area contributed by atoms with Gasteiger partial charge in [-0.2, -0.15) is 0 Å². The van der Waals surface area contributed by atoms with E-state index in [0.29, 0.717) is 62.7 Å². The van der Waals surface area contributed by atoms with Crippen molar-refractivity contribution in [3.63, 3.8) is 0 Å². The van der Waals surface area contributed by atoms with Crippen LogP contribution < -0.4 is 50.3 Å². The lowest BCUT2D eigenvalue weighted by Crippen LogP contribution is -2.30. The number of ether oxygens (including phenoxy) is 6. The maximum Gasteiger partial charge on any atom is 0.338 e. The maximum absolute atomic E-state index is 14.5. The Hall–Kier alpha value is -7.08. The number of hydrogen-bond donors (Lipinski definition) is 3. The average molecular weight is 1050 g/mol. The Morgan fingerprint density at radius 2 is 1.03 bits per heavy atom. The van der Waals surface area contributed by atoms with E-state index in [1.165, 1.54) is 54.9 Å². The smallest absolute Gasteiger partial charge is 0.338 e. The average Bonchev–Trinajstić information content (AvgIpc) is 3.78. The lowest BCUT2D eigenvalue weighted by molar-refractivity contribution is 0.0691. The van der Waals surface area contributed by atoms with Gasteiger partial charge in [0.25, 0.3) is 5.91 Å². The number of nitrogens with two attached hydrogens (primary N) is 1. The number of hydrogen-bond acceptors (Lipinski definition) is 13. The van der Waals surface area contributed by atoms with Gasteiger partial charge in [-0.15, -0.1) is 23.5 Å². The van der Waals surface area contributed by atoms with Crippen molar-refractivity contribution in [2.75, 3.05) is 55.2 Å². The normalized spacial score (nSPS) is 13.8. The minimum Gasteiger partial charge on any atom is -0.493 e. The second-order valence-electron chi connectivity index (χ2n) is 16.9. The van der Waals surface area contributed by atoms with Crippen LogP contribution in [0.3, 0.4) is 0 Å². The third kappa shape index (κ3) is 12.3. The third-order valence-electron chi connectivity index (χ3n) is 12.5. The van der Waals surface area contributed by atoms with E-state index in [2.05, 4.69) is 5.32 Å². The molecule has 0 radical (unpaired) electrons.